The number of rotatable bonds is 7. The fraction of sp³-hybridized carbons (Fsp3) is 0. The van der Waals surface area contributed by atoms with Gasteiger partial charge in [0, 0.05) is 39.1 Å². The molecule has 0 atom stereocenters. The Hall–Kier alpha value is -9.18. The average molecular weight is 879 g/mol. The number of para-hydroxylation sites is 4. The highest BCUT2D eigenvalue weighted by atomic mass is 16.3. The maximum absolute atomic E-state index is 6.75. The highest BCUT2D eigenvalue weighted by Crippen LogP contribution is 2.48. The first-order valence-corrected chi connectivity index (χ1v) is 23.7. The third kappa shape index (κ3) is 6.29. The van der Waals surface area contributed by atoms with Gasteiger partial charge in [0.05, 0.1) is 11.4 Å². The Bertz CT molecular complexity index is 4310. The van der Waals surface area contributed by atoms with Crippen LogP contribution in [0.25, 0.3) is 97.7 Å². The second kappa shape index (κ2) is 15.7. The molecule has 0 unspecified atom stereocenters. The lowest BCUT2D eigenvalue weighted by atomic mass is 9.90. The lowest BCUT2D eigenvalue weighted by Gasteiger charge is -2.28. The normalized spacial score (nSPS) is 11.8. The van der Waals surface area contributed by atoms with Gasteiger partial charge in [0.2, 0.25) is 0 Å². The standard InChI is InChI=1S/C66H42N2O/c1-3-16-43(17-4-1)53-22-11-13-27-62(53)68(63-28-15-26-60-57-24-12-14-29-64(57)69-66(60)63)49-34-38-54-46(41-49)32-36-59-56-39-35-50(42-61(56)55-23-9-10-25-58(55)65(54)59)67(47-19-5-2-6-20-47)48-33-37-52-45(40-48)31-30-44-18-7-8-21-51(44)52/h1-42H. The summed E-state index contributed by atoms with van der Waals surface area (Å²) in [6.45, 7) is 0. The second-order valence-electron chi connectivity index (χ2n) is 18.0. The smallest absolute Gasteiger partial charge is 0.159 e. The molecule has 3 nitrogen and oxygen atoms in total. The van der Waals surface area contributed by atoms with Crippen LogP contribution < -0.4 is 9.80 Å². The molecular weight excluding hydrogens is 837 g/mol. The zero-order valence-corrected chi connectivity index (χ0v) is 37.6. The molecule has 14 aromatic rings. The molecule has 0 saturated heterocycles. The van der Waals surface area contributed by atoms with E-state index in [9.17, 15) is 0 Å². The number of fused-ring (bicyclic) bond motifs is 14. The van der Waals surface area contributed by atoms with Crippen LogP contribution in [0.3, 0.4) is 0 Å². The van der Waals surface area contributed by atoms with Crippen LogP contribution in [-0.2, 0) is 0 Å². The topological polar surface area (TPSA) is 19.6 Å². The lowest BCUT2D eigenvalue weighted by molar-refractivity contribution is 0.669. The molecule has 14 rings (SSSR count). The highest BCUT2D eigenvalue weighted by Gasteiger charge is 2.23. The third-order valence-corrected chi connectivity index (χ3v) is 14.2. The first-order valence-electron chi connectivity index (χ1n) is 23.7. The van der Waals surface area contributed by atoms with Gasteiger partial charge in [0.15, 0.2) is 5.58 Å². The summed E-state index contributed by atoms with van der Waals surface area (Å²) in [4.78, 5) is 4.77. The maximum Gasteiger partial charge on any atom is 0.159 e. The molecule has 322 valence electrons. The van der Waals surface area contributed by atoms with Gasteiger partial charge in [-0.05, 0) is 137 Å². The molecule has 1 aromatic heterocycles. The van der Waals surface area contributed by atoms with Gasteiger partial charge in [-0.3, -0.25) is 0 Å². The van der Waals surface area contributed by atoms with Crippen molar-refractivity contribution in [1.82, 2.24) is 0 Å². The Morgan fingerprint density at radius 3 is 1.62 bits per heavy atom. The second-order valence-corrected chi connectivity index (χ2v) is 18.0. The predicted octanol–water partition coefficient (Wildman–Crippen LogP) is 19.1. The van der Waals surface area contributed by atoms with Gasteiger partial charge in [0.1, 0.15) is 5.58 Å². The van der Waals surface area contributed by atoms with Crippen LogP contribution in [-0.4, -0.2) is 0 Å². The summed E-state index contributed by atoms with van der Waals surface area (Å²) in [7, 11) is 0. The molecule has 0 saturated carbocycles. The zero-order chi connectivity index (χ0) is 45.4. The third-order valence-electron chi connectivity index (χ3n) is 14.2. The van der Waals surface area contributed by atoms with E-state index in [-0.39, 0.29) is 0 Å². The number of hydrogen-bond acceptors (Lipinski definition) is 3. The van der Waals surface area contributed by atoms with Crippen molar-refractivity contribution in [3.8, 4) is 11.1 Å². The zero-order valence-electron chi connectivity index (χ0n) is 37.6. The Balaban J connectivity index is 0.957. The molecule has 0 aliphatic rings. The minimum Gasteiger partial charge on any atom is -0.454 e. The first kappa shape index (κ1) is 39.0. The van der Waals surface area contributed by atoms with E-state index in [1.807, 2.05) is 6.07 Å². The van der Waals surface area contributed by atoms with Crippen molar-refractivity contribution < 1.29 is 4.42 Å². The molecule has 0 fully saturated rings. The molecule has 0 N–H and O–H groups in total. The van der Waals surface area contributed by atoms with E-state index in [1.165, 1.54) is 64.6 Å². The Morgan fingerprint density at radius 2 is 0.783 bits per heavy atom. The Kier molecular flexibility index (Phi) is 8.90. The molecular formula is C66H42N2O. The van der Waals surface area contributed by atoms with Crippen molar-refractivity contribution in [3.05, 3.63) is 255 Å². The van der Waals surface area contributed by atoms with Crippen LogP contribution in [0.4, 0.5) is 34.1 Å². The van der Waals surface area contributed by atoms with Crippen molar-refractivity contribution in [1.29, 1.82) is 0 Å². The molecule has 1 heterocycles. The van der Waals surface area contributed by atoms with Gasteiger partial charge in [-0.15, -0.1) is 0 Å². The van der Waals surface area contributed by atoms with Crippen molar-refractivity contribution >= 4 is 121 Å². The Labute approximate surface area is 398 Å². The number of hydrogen-bond donors (Lipinski definition) is 0. The van der Waals surface area contributed by atoms with Gasteiger partial charge in [-0.2, -0.15) is 0 Å². The SMILES string of the molecule is c1ccc(-c2ccccc2N(c2ccc3c(ccc4c5ccc(N(c6ccccc6)c6ccc7c(ccc8ccccc87)c6)cc5c5ccccc5c34)c2)c2cccc3c2oc2ccccc23)cc1. The van der Waals surface area contributed by atoms with E-state index in [0.717, 1.165) is 67.2 Å². The number of anilines is 6. The summed E-state index contributed by atoms with van der Waals surface area (Å²) in [5, 5.41) is 17.0. The van der Waals surface area contributed by atoms with Crippen LogP contribution in [0.15, 0.2) is 259 Å². The molecule has 0 radical (unpaired) electrons. The number of nitrogens with zero attached hydrogens (tertiary/aromatic N) is 2. The molecule has 3 heteroatoms. The fourth-order valence-corrected chi connectivity index (χ4v) is 11.0. The molecule has 0 aliphatic carbocycles. The van der Waals surface area contributed by atoms with Crippen LogP contribution in [0.1, 0.15) is 0 Å². The summed E-state index contributed by atoms with van der Waals surface area (Å²) < 4.78 is 6.75. The van der Waals surface area contributed by atoms with Crippen molar-refractivity contribution in [2.75, 3.05) is 9.80 Å². The van der Waals surface area contributed by atoms with Gasteiger partial charge < -0.3 is 14.2 Å². The van der Waals surface area contributed by atoms with Gasteiger partial charge >= 0.3 is 0 Å². The molecule has 69 heavy (non-hydrogen) atoms. The maximum atomic E-state index is 6.75. The minimum absolute atomic E-state index is 0.858. The first-order chi connectivity index (χ1) is 34.2. The summed E-state index contributed by atoms with van der Waals surface area (Å²) in [5.41, 5.74) is 10.5. The van der Waals surface area contributed by atoms with Crippen LogP contribution in [0, 0.1) is 0 Å². The van der Waals surface area contributed by atoms with E-state index in [0.29, 0.717) is 0 Å². The van der Waals surface area contributed by atoms with Crippen LogP contribution >= 0.6 is 0 Å². The summed E-state index contributed by atoms with van der Waals surface area (Å²) in [6, 6.07) is 92.5. The molecule has 13 aromatic carbocycles. The van der Waals surface area contributed by atoms with Crippen LogP contribution in [0.2, 0.25) is 0 Å². The van der Waals surface area contributed by atoms with Crippen LogP contribution in [0.5, 0.6) is 0 Å². The van der Waals surface area contributed by atoms with Gasteiger partial charge in [-0.1, -0.05) is 188 Å². The monoisotopic (exact) mass is 878 g/mol. The van der Waals surface area contributed by atoms with Gasteiger partial charge in [0.25, 0.3) is 0 Å². The number of benzene rings is 13. The van der Waals surface area contributed by atoms with E-state index in [1.54, 1.807) is 0 Å². The molecule has 0 amide bonds. The van der Waals surface area contributed by atoms with E-state index in [4.69, 9.17) is 4.42 Å². The van der Waals surface area contributed by atoms with Crippen molar-refractivity contribution in [2.45, 2.75) is 0 Å². The van der Waals surface area contributed by atoms with E-state index in [2.05, 4.69) is 259 Å². The van der Waals surface area contributed by atoms with Crippen molar-refractivity contribution in [3.63, 3.8) is 0 Å². The summed E-state index contributed by atoms with van der Waals surface area (Å²) in [5.74, 6) is 0. The minimum atomic E-state index is 0.858. The summed E-state index contributed by atoms with van der Waals surface area (Å²) >= 11 is 0. The Morgan fingerprint density at radius 1 is 0.261 bits per heavy atom. The fourth-order valence-electron chi connectivity index (χ4n) is 11.0. The largest absolute Gasteiger partial charge is 0.454 e. The molecule has 0 bridgehead atoms. The molecule has 0 spiro atoms. The lowest BCUT2D eigenvalue weighted by Crippen LogP contribution is -2.11. The van der Waals surface area contributed by atoms with Gasteiger partial charge in [-0.25, -0.2) is 0 Å². The average Bonchev–Trinajstić information content (AvgIpc) is 3.81. The summed E-state index contributed by atoms with van der Waals surface area (Å²) in [6.07, 6.45) is 0. The van der Waals surface area contributed by atoms with E-state index >= 15 is 0 Å². The highest BCUT2D eigenvalue weighted by molar-refractivity contribution is 6.32. The van der Waals surface area contributed by atoms with Crippen molar-refractivity contribution in [2.24, 2.45) is 0 Å². The number of furan rings is 1. The van der Waals surface area contributed by atoms with E-state index < -0.39 is 0 Å². The predicted molar refractivity (Wildman–Crippen MR) is 294 cm³/mol. The quantitative estimate of drug-likeness (QED) is 0.149. The molecule has 0 aliphatic heterocycles.